The van der Waals surface area contributed by atoms with Crippen LogP contribution in [-0.4, -0.2) is 35.2 Å². The standard InChI is InChI=1S/C14H24ClNO/c1-11-4-2-3-9-16(11)10-14(17)12-5-7-13(15)8-6-12/h11-13H,2-10H2,1H3. The van der Waals surface area contributed by atoms with Crippen molar-refractivity contribution >= 4 is 17.4 Å². The first-order valence-electron chi connectivity index (χ1n) is 7.07. The van der Waals surface area contributed by atoms with Gasteiger partial charge in [0.15, 0.2) is 0 Å². The van der Waals surface area contributed by atoms with Crippen LogP contribution in [0, 0.1) is 5.92 Å². The van der Waals surface area contributed by atoms with Crippen LogP contribution in [0.3, 0.4) is 0 Å². The van der Waals surface area contributed by atoms with Gasteiger partial charge in [-0.15, -0.1) is 11.6 Å². The van der Waals surface area contributed by atoms with Crippen molar-refractivity contribution in [3.05, 3.63) is 0 Å². The lowest BCUT2D eigenvalue weighted by Gasteiger charge is -2.34. The minimum atomic E-state index is 0.291. The smallest absolute Gasteiger partial charge is 0.149 e. The molecule has 1 saturated heterocycles. The van der Waals surface area contributed by atoms with Gasteiger partial charge in [0, 0.05) is 17.3 Å². The maximum Gasteiger partial charge on any atom is 0.149 e. The second-order valence-corrected chi connectivity index (χ2v) is 6.35. The zero-order chi connectivity index (χ0) is 12.3. The fraction of sp³-hybridized carbons (Fsp3) is 0.929. The third kappa shape index (κ3) is 3.69. The summed E-state index contributed by atoms with van der Waals surface area (Å²) < 4.78 is 0. The van der Waals surface area contributed by atoms with E-state index in [0.717, 1.165) is 32.2 Å². The Bertz CT molecular complexity index is 261. The quantitative estimate of drug-likeness (QED) is 0.724. The Morgan fingerprint density at radius 2 is 1.88 bits per heavy atom. The predicted molar refractivity (Wildman–Crippen MR) is 71.5 cm³/mol. The monoisotopic (exact) mass is 257 g/mol. The molecule has 2 rings (SSSR count). The fourth-order valence-electron chi connectivity index (χ4n) is 3.10. The van der Waals surface area contributed by atoms with Crippen molar-refractivity contribution < 1.29 is 4.79 Å². The van der Waals surface area contributed by atoms with E-state index in [1.54, 1.807) is 0 Å². The van der Waals surface area contributed by atoms with Gasteiger partial charge in [-0.2, -0.15) is 0 Å². The molecule has 3 heteroatoms. The Labute approximate surface area is 110 Å². The van der Waals surface area contributed by atoms with E-state index in [2.05, 4.69) is 11.8 Å². The fourth-order valence-corrected chi connectivity index (χ4v) is 3.35. The normalized spacial score (nSPS) is 35.8. The van der Waals surface area contributed by atoms with Gasteiger partial charge in [-0.05, 0) is 52.0 Å². The maximum absolute atomic E-state index is 12.2. The summed E-state index contributed by atoms with van der Waals surface area (Å²) in [4.78, 5) is 14.6. The van der Waals surface area contributed by atoms with Gasteiger partial charge in [-0.3, -0.25) is 9.69 Å². The summed E-state index contributed by atoms with van der Waals surface area (Å²) >= 11 is 6.08. The van der Waals surface area contributed by atoms with E-state index in [-0.39, 0.29) is 0 Å². The zero-order valence-corrected chi connectivity index (χ0v) is 11.6. The van der Waals surface area contributed by atoms with E-state index in [1.165, 1.54) is 19.3 Å². The van der Waals surface area contributed by atoms with Gasteiger partial charge in [0.25, 0.3) is 0 Å². The van der Waals surface area contributed by atoms with Gasteiger partial charge in [-0.25, -0.2) is 0 Å². The molecular weight excluding hydrogens is 234 g/mol. The molecule has 1 atom stereocenters. The number of hydrogen-bond acceptors (Lipinski definition) is 2. The number of carbonyl (C=O) groups excluding carboxylic acids is 1. The third-order valence-electron chi connectivity index (χ3n) is 4.41. The van der Waals surface area contributed by atoms with Crippen molar-refractivity contribution in [2.45, 2.75) is 63.3 Å². The van der Waals surface area contributed by atoms with Gasteiger partial charge >= 0.3 is 0 Å². The number of piperidine rings is 1. The SMILES string of the molecule is CC1CCCCN1CC(=O)C1CCC(Cl)CC1. The van der Waals surface area contributed by atoms with Crippen molar-refractivity contribution in [1.82, 2.24) is 4.90 Å². The number of likely N-dealkylation sites (tertiary alicyclic amines) is 1. The molecule has 0 aromatic heterocycles. The minimum Gasteiger partial charge on any atom is -0.298 e. The van der Waals surface area contributed by atoms with Gasteiger partial charge in [0.05, 0.1) is 6.54 Å². The predicted octanol–water partition coefficient (Wildman–Crippen LogP) is 3.23. The molecule has 1 aliphatic carbocycles. The molecule has 1 aliphatic heterocycles. The number of hydrogen-bond donors (Lipinski definition) is 0. The van der Waals surface area contributed by atoms with E-state index < -0.39 is 0 Å². The first-order valence-corrected chi connectivity index (χ1v) is 7.51. The molecule has 1 saturated carbocycles. The highest BCUT2D eigenvalue weighted by Crippen LogP contribution is 2.28. The highest BCUT2D eigenvalue weighted by atomic mass is 35.5. The molecule has 2 fully saturated rings. The minimum absolute atomic E-state index is 0.291. The highest BCUT2D eigenvalue weighted by Gasteiger charge is 2.28. The van der Waals surface area contributed by atoms with Crippen molar-refractivity contribution in [2.75, 3.05) is 13.1 Å². The number of Topliss-reactive ketones (excluding diaryl/α,β-unsaturated/α-hetero) is 1. The molecule has 0 radical (unpaired) electrons. The van der Waals surface area contributed by atoms with E-state index in [4.69, 9.17) is 11.6 Å². The van der Waals surface area contributed by atoms with Crippen LogP contribution >= 0.6 is 11.6 Å². The van der Waals surface area contributed by atoms with Crippen LogP contribution in [0.1, 0.15) is 51.9 Å². The summed E-state index contributed by atoms with van der Waals surface area (Å²) in [5, 5.41) is 0.313. The number of nitrogens with zero attached hydrogens (tertiary/aromatic N) is 1. The molecule has 98 valence electrons. The summed E-state index contributed by atoms with van der Waals surface area (Å²) in [6, 6.07) is 0.595. The second-order valence-electron chi connectivity index (χ2n) is 5.73. The van der Waals surface area contributed by atoms with Gasteiger partial charge in [0.2, 0.25) is 0 Å². The Balaban J connectivity index is 1.79. The largest absolute Gasteiger partial charge is 0.298 e. The Kier molecular flexibility index (Phi) is 4.87. The Hall–Kier alpha value is -0.0800. The third-order valence-corrected chi connectivity index (χ3v) is 4.85. The van der Waals surface area contributed by atoms with Crippen LogP contribution in [0.5, 0.6) is 0 Å². The lowest BCUT2D eigenvalue weighted by molar-refractivity contribution is -0.125. The van der Waals surface area contributed by atoms with E-state index >= 15 is 0 Å². The molecule has 1 unspecified atom stereocenters. The van der Waals surface area contributed by atoms with Crippen LogP contribution in [-0.2, 0) is 4.79 Å². The van der Waals surface area contributed by atoms with Crippen molar-refractivity contribution in [3.63, 3.8) is 0 Å². The van der Waals surface area contributed by atoms with E-state index in [1.807, 2.05) is 0 Å². The molecule has 0 bridgehead atoms. The number of rotatable bonds is 3. The van der Waals surface area contributed by atoms with Gasteiger partial charge < -0.3 is 0 Å². The number of halogens is 1. The molecule has 0 amide bonds. The molecule has 1 heterocycles. The number of ketones is 1. The van der Waals surface area contributed by atoms with E-state index in [9.17, 15) is 4.79 Å². The van der Waals surface area contributed by atoms with Gasteiger partial charge in [-0.1, -0.05) is 6.42 Å². The maximum atomic E-state index is 12.2. The molecule has 0 aromatic carbocycles. The van der Waals surface area contributed by atoms with Crippen LogP contribution in [0.2, 0.25) is 0 Å². The first kappa shape index (κ1) is 13.4. The summed E-state index contributed by atoms with van der Waals surface area (Å²) in [5.74, 6) is 0.751. The average molecular weight is 258 g/mol. The highest BCUT2D eigenvalue weighted by molar-refractivity contribution is 6.20. The van der Waals surface area contributed by atoms with Crippen molar-refractivity contribution in [3.8, 4) is 0 Å². The van der Waals surface area contributed by atoms with Crippen LogP contribution in [0.25, 0.3) is 0 Å². The van der Waals surface area contributed by atoms with Crippen molar-refractivity contribution in [2.24, 2.45) is 5.92 Å². The topological polar surface area (TPSA) is 20.3 Å². The molecule has 0 N–H and O–H groups in total. The average Bonchev–Trinajstić information content (AvgIpc) is 2.33. The lowest BCUT2D eigenvalue weighted by atomic mass is 9.85. The summed E-state index contributed by atoms with van der Waals surface area (Å²) in [6.07, 6.45) is 7.89. The summed E-state index contributed by atoms with van der Waals surface area (Å²) in [7, 11) is 0. The summed E-state index contributed by atoms with van der Waals surface area (Å²) in [6.45, 7) is 4.04. The zero-order valence-electron chi connectivity index (χ0n) is 10.8. The Morgan fingerprint density at radius 3 is 2.53 bits per heavy atom. The van der Waals surface area contributed by atoms with Crippen molar-refractivity contribution in [1.29, 1.82) is 0 Å². The second kappa shape index (κ2) is 6.19. The molecule has 17 heavy (non-hydrogen) atoms. The Morgan fingerprint density at radius 1 is 1.18 bits per heavy atom. The van der Waals surface area contributed by atoms with Crippen LogP contribution in [0.15, 0.2) is 0 Å². The molecule has 0 aromatic rings. The summed E-state index contributed by atoms with van der Waals surface area (Å²) in [5.41, 5.74) is 0. The molecule has 2 aliphatic rings. The van der Waals surface area contributed by atoms with E-state index in [0.29, 0.717) is 29.7 Å². The van der Waals surface area contributed by atoms with Gasteiger partial charge in [0.1, 0.15) is 5.78 Å². The molecule has 0 spiro atoms. The number of carbonyl (C=O) groups is 1. The molecule has 2 nitrogen and oxygen atoms in total. The molecular formula is C14H24ClNO. The first-order chi connectivity index (χ1) is 8.16. The van der Waals surface area contributed by atoms with Crippen LogP contribution < -0.4 is 0 Å². The van der Waals surface area contributed by atoms with Crippen LogP contribution in [0.4, 0.5) is 0 Å². The lowest BCUT2D eigenvalue weighted by Crippen LogP contribution is -2.42. The number of alkyl halides is 1.